The van der Waals surface area contributed by atoms with Gasteiger partial charge in [0.1, 0.15) is 0 Å². The van der Waals surface area contributed by atoms with Crippen molar-refractivity contribution in [3.8, 4) is 0 Å². The minimum Gasteiger partial charge on any atom is -0.369 e. The molecule has 2 N–H and O–H groups in total. The molecule has 0 aromatic heterocycles. The van der Waals surface area contributed by atoms with Gasteiger partial charge in [0.15, 0.2) is 0 Å². The third-order valence-corrected chi connectivity index (χ3v) is 7.53. The molecule has 3 aromatic carbocycles. The van der Waals surface area contributed by atoms with Crippen molar-refractivity contribution in [3.05, 3.63) is 90.0 Å². The van der Waals surface area contributed by atoms with Crippen molar-refractivity contribution < 1.29 is 13.2 Å². The molecule has 1 saturated heterocycles. The molecule has 0 saturated carbocycles. The normalized spacial score (nSPS) is 14.5. The van der Waals surface area contributed by atoms with Gasteiger partial charge in [0, 0.05) is 49.7 Å². The van der Waals surface area contributed by atoms with Gasteiger partial charge in [-0.25, -0.2) is 8.42 Å². The Morgan fingerprint density at radius 2 is 1.60 bits per heavy atom. The molecule has 0 atom stereocenters. The number of anilines is 2. The maximum atomic E-state index is 12.5. The van der Waals surface area contributed by atoms with Crippen LogP contribution in [0.4, 0.5) is 11.4 Å². The monoisotopic (exact) mass is 492 g/mol. The molecular weight excluding hydrogens is 460 g/mol. The van der Waals surface area contributed by atoms with Gasteiger partial charge >= 0.3 is 0 Å². The van der Waals surface area contributed by atoms with Crippen molar-refractivity contribution in [2.24, 2.45) is 0 Å². The molecule has 7 nitrogen and oxygen atoms in total. The Hall–Kier alpha value is -3.36. The lowest BCUT2D eigenvalue weighted by molar-refractivity contribution is 0.0951. The third-order valence-electron chi connectivity index (χ3n) is 6.13. The summed E-state index contributed by atoms with van der Waals surface area (Å²) >= 11 is 0. The second-order valence-electron chi connectivity index (χ2n) is 8.77. The lowest BCUT2D eigenvalue weighted by atomic mass is 10.2. The molecule has 1 fully saturated rings. The predicted molar refractivity (Wildman–Crippen MR) is 140 cm³/mol. The SMILES string of the molecule is Cc1cccc(N2CCN(CCCNC(=O)c3ccc(NS(=O)(=O)c4ccccc4)cc3)CC2)c1. The number of nitrogens with zero attached hydrogens (tertiary/aromatic N) is 2. The fourth-order valence-corrected chi connectivity index (χ4v) is 5.24. The van der Waals surface area contributed by atoms with E-state index in [2.05, 4.69) is 51.0 Å². The van der Waals surface area contributed by atoms with E-state index >= 15 is 0 Å². The van der Waals surface area contributed by atoms with E-state index in [0.29, 0.717) is 17.8 Å². The molecule has 0 radical (unpaired) electrons. The zero-order valence-corrected chi connectivity index (χ0v) is 20.8. The number of carbonyl (C=O) groups is 1. The van der Waals surface area contributed by atoms with Gasteiger partial charge in [0.25, 0.3) is 15.9 Å². The summed E-state index contributed by atoms with van der Waals surface area (Å²) in [5.41, 5.74) is 3.48. The summed E-state index contributed by atoms with van der Waals surface area (Å²) in [4.78, 5) is 17.5. The predicted octanol–water partition coefficient (Wildman–Crippen LogP) is 3.74. The highest BCUT2D eigenvalue weighted by Crippen LogP contribution is 2.18. The number of amides is 1. The van der Waals surface area contributed by atoms with E-state index in [4.69, 9.17) is 0 Å². The second kappa shape index (κ2) is 11.4. The van der Waals surface area contributed by atoms with Crippen LogP contribution < -0.4 is 14.9 Å². The Morgan fingerprint density at radius 3 is 2.29 bits per heavy atom. The average Bonchev–Trinajstić information content (AvgIpc) is 2.87. The zero-order valence-electron chi connectivity index (χ0n) is 20.0. The molecule has 1 aliphatic heterocycles. The summed E-state index contributed by atoms with van der Waals surface area (Å²) in [6.45, 7) is 7.72. The summed E-state index contributed by atoms with van der Waals surface area (Å²) in [5.74, 6) is -0.160. The number of benzene rings is 3. The molecule has 35 heavy (non-hydrogen) atoms. The number of rotatable bonds is 9. The van der Waals surface area contributed by atoms with Crippen molar-refractivity contribution in [3.63, 3.8) is 0 Å². The first-order valence-electron chi connectivity index (χ1n) is 11.9. The summed E-state index contributed by atoms with van der Waals surface area (Å²) in [5, 5.41) is 2.96. The van der Waals surface area contributed by atoms with Gasteiger partial charge in [0.2, 0.25) is 0 Å². The van der Waals surface area contributed by atoms with E-state index in [1.807, 2.05) is 0 Å². The maximum absolute atomic E-state index is 12.5. The lowest BCUT2D eigenvalue weighted by Gasteiger charge is -2.36. The Labute approximate surface area is 207 Å². The number of piperazine rings is 1. The largest absolute Gasteiger partial charge is 0.369 e. The molecule has 1 heterocycles. The highest BCUT2D eigenvalue weighted by atomic mass is 32.2. The number of hydrogen-bond donors (Lipinski definition) is 2. The average molecular weight is 493 g/mol. The van der Waals surface area contributed by atoms with E-state index < -0.39 is 10.0 Å². The van der Waals surface area contributed by atoms with Crippen LogP contribution in [0.5, 0.6) is 0 Å². The number of aryl methyl sites for hydroxylation is 1. The van der Waals surface area contributed by atoms with Gasteiger partial charge in [-0.15, -0.1) is 0 Å². The Bertz CT molecular complexity index is 1220. The van der Waals surface area contributed by atoms with E-state index in [1.165, 1.54) is 23.4 Å². The van der Waals surface area contributed by atoms with Gasteiger partial charge < -0.3 is 10.2 Å². The fraction of sp³-hybridized carbons (Fsp3) is 0.296. The summed E-state index contributed by atoms with van der Waals surface area (Å²) in [6.07, 6.45) is 0.880. The van der Waals surface area contributed by atoms with Crippen LogP contribution in [-0.4, -0.2) is 58.5 Å². The molecule has 4 rings (SSSR count). The molecule has 3 aromatic rings. The van der Waals surface area contributed by atoms with E-state index in [0.717, 1.165) is 39.1 Å². The standard InChI is InChI=1S/C27H32N4O3S/c1-22-7-5-8-25(21-22)31-19-17-30(18-20-31)16-6-15-28-27(32)23-11-13-24(14-12-23)29-35(33,34)26-9-3-2-4-10-26/h2-5,7-14,21,29H,6,15-20H2,1H3,(H,28,32). The molecule has 0 spiro atoms. The van der Waals surface area contributed by atoms with Crippen LogP contribution in [0.2, 0.25) is 0 Å². The number of carbonyl (C=O) groups excluding carboxylic acids is 1. The van der Waals surface area contributed by atoms with Crippen LogP contribution in [0.1, 0.15) is 22.3 Å². The highest BCUT2D eigenvalue weighted by molar-refractivity contribution is 7.92. The van der Waals surface area contributed by atoms with E-state index in [9.17, 15) is 13.2 Å². The van der Waals surface area contributed by atoms with Crippen molar-refractivity contribution in [1.29, 1.82) is 0 Å². The van der Waals surface area contributed by atoms with Crippen molar-refractivity contribution in [1.82, 2.24) is 10.2 Å². The first-order chi connectivity index (χ1) is 16.9. The van der Waals surface area contributed by atoms with Crippen LogP contribution in [0, 0.1) is 6.92 Å². The van der Waals surface area contributed by atoms with Crippen LogP contribution in [0.25, 0.3) is 0 Å². The van der Waals surface area contributed by atoms with Crippen LogP contribution >= 0.6 is 0 Å². The van der Waals surface area contributed by atoms with Gasteiger partial charge in [-0.3, -0.25) is 14.4 Å². The van der Waals surface area contributed by atoms with Crippen molar-refractivity contribution in [2.75, 3.05) is 48.9 Å². The number of hydrogen-bond acceptors (Lipinski definition) is 5. The molecule has 8 heteroatoms. The smallest absolute Gasteiger partial charge is 0.261 e. The summed E-state index contributed by atoms with van der Waals surface area (Å²) in [7, 11) is -3.65. The quantitative estimate of drug-likeness (QED) is 0.445. The molecule has 0 bridgehead atoms. The summed E-state index contributed by atoms with van der Waals surface area (Å²) in [6, 6.07) is 23.3. The molecular formula is C27H32N4O3S. The van der Waals surface area contributed by atoms with Crippen molar-refractivity contribution >= 4 is 27.3 Å². The maximum Gasteiger partial charge on any atom is 0.261 e. The minimum atomic E-state index is -3.65. The Morgan fingerprint density at radius 1 is 0.886 bits per heavy atom. The first kappa shape index (κ1) is 24.8. The van der Waals surface area contributed by atoms with E-state index in [1.54, 1.807) is 42.5 Å². The van der Waals surface area contributed by atoms with Gasteiger partial charge in [-0.05, 0) is 74.0 Å². The van der Waals surface area contributed by atoms with E-state index in [-0.39, 0.29) is 10.8 Å². The Kier molecular flexibility index (Phi) is 8.05. The second-order valence-corrected chi connectivity index (χ2v) is 10.5. The first-order valence-corrected chi connectivity index (χ1v) is 13.4. The zero-order chi connectivity index (χ0) is 24.7. The van der Waals surface area contributed by atoms with Crippen LogP contribution in [0.15, 0.2) is 83.8 Å². The molecule has 1 aliphatic rings. The highest BCUT2D eigenvalue weighted by Gasteiger charge is 2.17. The molecule has 0 aliphatic carbocycles. The fourth-order valence-electron chi connectivity index (χ4n) is 4.16. The molecule has 0 unspecified atom stereocenters. The van der Waals surface area contributed by atoms with Gasteiger partial charge in [-0.2, -0.15) is 0 Å². The van der Waals surface area contributed by atoms with Crippen LogP contribution in [-0.2, 0) is 10.0 Å². The number of nitrogens with one attached hydrogen (secondary N) is 2. The number of sulfonamides is 1. The Balaban J connectivity index is 1.18. The lowest BCUT2D eigenvalue weighted by Crippen LogP contribution is -2.47. The van der Waals surface area contributed by atoms with Crippen molar-refractivity contribution in [2.45, 2.75) is 18.2 Å². The topological polar surface area (TPSA) is 81.8 Å². The molecule has 184 valence electrons. The summed E-state index contributed by atoms with van der Waals surface area (Å²) < 4.78 is 27.4. The third kappa shape index (κ3) is 6.83. The minimum absolute atomic E-state index is 0.160. The van der Waals surface area contributed by atoms with Gasteiger partial charge in [-0.1, -0.05) is 30.3 Å². The molecule has 1 amide bonds. The van der Waals surface area contributed by atoms with Crippen LogP contribution in [0.3, 0.4) is 0 Å². The van der Waals surface area contributed by atoms with Gasteiger partial charge in [0.05, 0.1) is 4.90 Å².